The summed E-state index contributed by atoms with van der Waals surface area (Å²) in [7, 11) is 3.18. The van der Waals surface area contributed by atoms with Crippen LogP contribution in [0.25, 0.3) is 5.65 Å². The van der Waals surface area contributed by atoms with Crippen LogP contribution in [0.4, 0.5) is 0 Å². The molecule has 0 N–H and O–H groups in total. The summed E-state index contributed by atoms with van der Waals surface area (Å²) >= 11 is 1.59. The van der Waals surface area contributed by atoms with E-state index < -0.39 is 5.92 Å². The summed E-state index contributed by atoms with van der Waals surface area (Å²) in [6.45, 7) is 6.11. The first-order valence-corrected chi connectivity index (χ1v) is 13.8. The van der Waals surface area contributed by atoms with E-state index in [1.165, 1.54) is 0 Å². The van der Waals surface area contributed by atoms with Crippen LogP contribution in [-0.2, 0) is 16.2 Å². The molecule has 0 radical (unpaired) electrons. The van der Waals surface area contributed by atoms with Crippen LogP contribution >= 0.6 is 11.3 Å². The molecule has 4 heterocycles. The zero-order valence-corrected chi connectivity index (χ0v) is 23.7. The first-order valence-electron chi connectivity index (χ1n) is 12.9. The molecule has 0 amide bonds. The Morgan fingerprint density at radius 2 is 2.02 bits per heavy atom. The summed E-state index contributed by atoms with van der Waals surface area (Å²) in [6.07, 6.45) is 2.60. The second kappa shape index (κ2) is 10.1. The van der Waals surface area contributed by atoms with Crippen LogP contribution in [0.3, 0.4) is 0 Å². The molecule has 0 saturated heterocycles. The second-order valence-corrected chi connectivity index (χ2v) is 11.6. The lowest BCUT2D eigenvalue weighted by Crippen LogP contribution is -2.33. The fourth-order valence-corrected chi connectivity index (χ4v) is 6.00. The minimum Gasteiger partial charge on any atom is -0.493 e. The quantitative estimate of drug-likeness (QED) is 0.221. The molecule has 10 nitrogen and oxygen atoms in total. The Morgan fingerprint density at radius 3 is 2.77 bits per heavy atom. The summed E-state index contributed by atoms with van der Waals surface area (Å²) in [5.41, 5.74) is 3.21. The summed E-state index contributed by atoms with van der Waals surface area (Å²) in [6, 6.07) is 9.62. The van der Waals surface area contributed by atoms with Crippen LogP contribution in [-0.4, -0.2) is 45.3 Å². The van der Waals surface area contributed by atoms with E-state index in [1.807, 2.05) is 42.6 Å². The van der Waals surface area contributed by atoms with Crippen LogP contribution in [0.5, 0.6) is 17.4 Å². The van der Waals surface area contributed by atoms with E-state index in [0.717, 1.165) is 16.2 Å². The first kappa shape index (κ1) is 26.0. The summed E-state index contributed by atoms with van der Waals surface area (Å²) < 4.78 is 19.0. The number of benzene rings is 1. The van der Waals surface area contributed by atoms with Gasteiger partial charge in [0.1, 0.15) is 12.1 Å². The van der Waals surface area contributed by atoms with Crippen LogP contribution < -0.4 is 14.2 Å². The highest BCUT2D eigenvalue weighted by Crippen LogP contribution is 2.51. The highest BCUT2D eigenvalue weighted by atomic mass is 32.1. The van der Waals surface area contributed by atoms with E-state index in [1.54, 1.807) is 36.4 Å². The zero-order valence-electron chi connectivity index (χ0n) is 22.9. The van der Waals surface area contributed by atoms with Crippen molar-refractivity contribution in [2.24, 2.45) is 10.6 Å². The normalized spacial score (nSPS) is 18.3. The molecule has 0 saturated carbocycles. The van der Waals surface area contributed by atoms with Crippen molar-refractivity contribution in [3.05, 3.63) is 75.2 Å². The van der Waals surface area contributed by atoms with Crippen LogP contribution in [0, 0.1) is 5.41 Å². The highest BCUT2D eigenvalue weighted by Gasteiger charge is 2.44. The second-order valence-electron chi connectivity index (χ2n) is 10.6. The molecule has 1 unspecified atom stereocenters. The summed E-state index contributed by atoms with van der Waals surface area (Å²) in [5.74, 6) is 2.21. The molecular weight excluding hydrogens is 530 g/mol. The third-order valence-electron chi connectivity index (χ3n) is 7.12. The van der Waals surface area contributed by atoms with E-state index >= 15 is 0 Å². The number of methoxy groups -OCH3 is 2. The number of thiophene rings is 1. The predicted octanol–water partition coefficient (Wildman–Crippen LogP) is 5.31. The van der Waals surface area contributed by atoms with Gasteiger partial charge < -0.3 is 19.0 Å². The SMILES string of the molecule is COc1ccc(C2C3=C(CC(C)(C)CC3=O)Oc3ncn4nc(CON=C(C)c5cccs5)nc4c32)cc1OC. The lowest BCUT2D eigenvalue weighted by molar-refractivity contribution is -0.118. The molecular formula is C29H29N5O5S. The molecule has 2 aliphatic rings. The third-order valence-corrected chi connectivity index (χ3v) is 8.10. The number of oxime groups is 1. The van der Waals surface area contributed by atoms with Crippen LogP contribution in [0.15, 0.2) is 58.5 Å². The average molecular weight is 560 g/mol. The number of hydrogen-bond acceptors (Lipinski definition) is 10. The number of aromatic nitrogens is 4. The number of ketones is 1. The predicted molar refractivity (Wildman–Crippen MR) is 149 cm³/mol. The Labute approximate surface area is 235 Å². The van der Waals surface area contributed by atoms with Crippen molar-refractivity contribution in [3.8, 4) is 17.4 Å². The highest BCUT2D eigenvalue weighted by molar-refractivity contribution is 7.12. The number of fused-ring (bicyclic) bond motifs is 3. The molecule has 4 aromatic rings. The van der Waals surface area contributed by atoms with Gasteiger partial charge in [-0.2, -0.15) is 0 Å². The van der Waals surface area contributed by atoms with E-state index in [9.17, 15) is 4.79 Å². The van der Waals surface area contributed by atoms with Gasteiger partial charge in [0.2, 0.25) is 5.88 Å². The van der Waals surface area contributed by atoms with E-state index in [2.05, 4.69) is 29.1 Å². The molecule has 1 aromatic carbocycles. The fraction of sp³-hybridized carbons (Fsp3) is 0.345. The molecule has 3 aromatic heterocycles. The summed E-state index contributed by atoms with van der Waals surface area (Å²) in [4.78, 5) is 29.6. The van der Waals surface area contributed by atoms with Gasteiger partial charge in [-0.15, -0.1) is 16.4 Å². The summed E-state index contributed by atoms with van der Waals surface area (Å²) in [5, 5.41) is 10.8. The van der Waals surface area contributed by atoms with E-state index in [4.69, 9.17) is 24.0 Å². The molecule has 0 bridgehead atoms. The smallest absolute Gasteiger partial charge is 0.228 e. The number of hydrogen-bond donors (Lipinski definition) is 0. The monoisotopic (exact) mass is 559 g/mol. The zero-order chi connectivity index (χ0) is 28.0. The molecule has 40 heavy (non-hydrogen) atoms. The number of carbonyl (C=O) groups excluding carboxylic acids is 1. The van der Waals surface area contributed by atoms with Gasteiger partial charge in [0, 0.05) is 18.4 Å². The van der Waals surface area contributed by atoms with Gasteiger partial charge >= 0.3 is 0 Å². The topological polar surface area (TPSA) is 109 Å². The van der Waals surface area contributed by atoms with Gasteiger partial charge in [-0.1, -0.05) is 31.1 Å². The van der Waals surface area contributed by atoms with Crippen molar-refractivity contribution in [2.45, 2.75) is 46.1 Å². The van der Waals surface area contributed by atoms with Gasteiger partial charge in [0.15, 0.2) is 35.4 Å². The fourth-order valence-electron chi connectivity index (χ4n) is 5.33. The lowest BCUT2D eigenvalue weighted by Gasteiger charge is -2.37. The maximum Gasteiger partial charge on any atom is 0.228 e. The molecule has 11 heteroatoms. The number of ether oxygens (including phenoxy) is 3. The third kappa shape index (κ3) is 4.60. The number of nitrogens with zero attached hydrogens (tertiary/aromatic N) is 5. The van der Waals surface area contributed by atoms with Crippen molar-refractivity contribution in [3.63, 3.8) is 0 Å². The molecule has 1 aliphatic carbocycles. The lowest BCUT2D eigenvalue weighted by atomic mass is 9.70. The van der Waals surface area contributed by atoms with Gasteiger partial charge in [-0.3, -0.25) is 4.79 Å². The van der Waals surface area contributed by atoms with Gasteiger partial charge in [-0.25, -0.2) is 14.5 Å². The Kier molecular flexibility index (Phi) is 6.53. The Morgan fingerprint density at radius 1 is 1.20 bits per heavy atom. The Bertz CT molecular complexity index is 1670. The van der Waals surface area contributed by atoms with Crippen molar-refractivity contribution in [1.82, 2.24) is 19.6 Å². The Balaban J connectivity index is 1.44. The van der Waals surface area contributed by atoms with Gasteiger partial charge in [-0.05, 0) is 41.5 Å². The number of allylic oxidation sites excluding steroid dienone is 2. The number of carbonyl (C=O) groups is 1. The van der Waals surface area contributed by atoms with E-state index in [-0.39, 0.29) is 17.8 Å². The number of Topliss-reactive ketones (excluding diaryl/α,β-unsaturated/α-hetero) is 1. The maximum absolute atomic E-state index is 13.7. The van der Waals surface area contributed by atoms with Gasteiger partial charge in [0.05, 0.1) is 36.3 Å². The first-order chi connectivity index (χ1) is 19.3. The van der Waals surface area contributed by atoms with Crippen LogP contribution in [0.2, 0.25) is 0 Å². The maximum atomic E-state index is 13.7. The van der Waals surface area contributed by atoms with Crippen molar-refractivity contribution >= 4 is 28.5 Å². The van der Waals surface area contributed by atoms with Crippen molar-refractivity contribution in [1.29, 1.82) is 0 Å². The largest absolute Gasteiger partial charge is 0.493 e. The molecule has 1 aliphatic heterocycles. The van der Waals surface area contributed by atoms with Crippen molar-refractivity contribution < 1.29 is 23.8 Å². The minimum absolute atomic E-state index is 0.0418. The van der Waals surface area contributed by atoms with Crippen LogP contribution in [0.1, 0.15) is 61.4 Å². The molecule has 206 valence electrons. The molecule has 1 atom stereocenters. The standard InChI is InChI=1S/C29H29N5O5S/c1-16(22-7-6-10-40-22)33-38-14-23-31-27-26-24(17-8-9-19(36-4)20(11-17)37-5)25-18(35)12-29(2,3)13-21(25)39-28(26)30-15-34(27)32-23/h6-11,15,24H,12-14H2,1-5H3. The average Bonchev–Trinajstić information content (AvgIpc) is 3.61. The molecule has 0 spiro atoms. The van der Waals surface area contributed by atoms with Crippen molar-refractivity contribution in [2.75, 3.05) is 14.2 Å². The van der Waals surface area contributed by atoms with E-state index in [0.29, 0.717) is 58.6 Å². The number of rotatable bonds is 7. The molecule has 6 rings (SSSR count). The van der Waals surface area contributed by atoms with Gasteiger partial charge in [0.25, 0.3) is 0 Å². The Hall–Kier alpha value is -4.25. The minimum atomic E-state index is -0.476. The molecule has 0 fully saturated rings.